The van der Waals surface area contributed by atoms with Crippen LogP contribution in [0, 0.1) is 5.92 Å². The zero-order valence-electron chi connectivity index (χ0n) is 8.25. The summed E-state index contributed by atoms with van der Waals surface area (Å²) in [4.78, 5) is 0. The molecule has 0 aromatic rings. The minimum absolute atomic E-state index is 0.0972. The minimum Gasteiger partial charge on any atom is -0.516 e. The standard InChI is InChI=1S/C5H11NO.C2H4O.C2H6/c1-4-2-6-3-5(4)7;1-2-3;1-2/h4-7H,2-3H2,1H3;2-3H,1H2;1-2H3. The molecule has 0 saturated carbocycles. The highest BCUT2D eigenvalue weighted by Gasteiger charge is 2.18. The van der Waals surface area contributed by atoms with Gasteiger partial charge in [0.25, 0.3) is 0 Å². The van der Waals surface area contributed by atoms with Gasteiger partial charge in [-0.25, -0.2) is 0 Å². The molecule has 1 fully saturated rings. The summed E-state index contributed by atoms with van der Waals surface area (Å²) in [6, 6.07) is 0. The second-order valence-electron chi connectivity index (χ2n) is 2.39. The van der Waals surface area contributed by atoms with E-state index in [1.807, 2.05) is 20.8 Å². The van der Waals surface area contributed by atoms with Crippen molar-refractivity contribution in [3.8, 4) is 0 Å². The molecular weight excluding hydrogens is 154 g/mol. The van der Waals surface area contributed by atoms with Crippen LogP contribution in [0.25, 0.3) is 0 Å². The second-order valence-corrected chi connectivity index (χ2v) is 2.39. The molecule has 2 atom stereocenters. The topological polar surface area (TPSA) is 52.5 Å². The van der Waals surface area contributed by atoms with Crippen LogP contribution >= 0.6 is 0 Å². The first-order chi connectivity index (χ1) is 5.72. The molecule has 0 aliphatic carbocycles. The zero-order chi connectivity index (χ0) is 9.98. The number of nitrogens with one attached hydrogen (secondary N) is 1. The van der Waals surface area contributed by atoms with Crippen LogP contribution in [-0.4, -0.2) is 29.4 Å². The quantitative estimate of drug-likeness (QED) is 0.486. The molecule has 0 aromatic heterocycles. The zero-order valence-corrected chi connectivity index (χ0v) is 8.25. The van der Waals surface area contributed by atoms with Crippen molar-refractivity contribution >= 4 is 0 Å². The summed E-state index contributed by atoms with van der Waals surface area (Å²) in [5.41, 5.74) is 0. The summed E-state index contributed by atoms with van der Waals surface area (Å²) in [6.45, 7) is 10.7. The van der Waals surface area contributed by atoms with Crippen molar-refractivity contribution in [2.75, 3.05) is 13.1 Å². The highest BCUT2D eigenvalue weighted by molar-refractivity contribution is 4.75. The molecule has 1 saturated heterocycles. The Balaban J connectivity index is 0. The molecule has 1 aliphatic rings. The molecule has 3 nitrogen and oxygen atoms in total. The van der Waals surface area contributed by atoms with E-state index in [4.69, 9.17) is 10.2 Å². The van der Waals surface area contributed by atoms with Crippen LogP contribution < -0.4 is 5.32 Å². The number of β-amino-alcohol motifs (C(OH)–C–C–N with tert-alkyl or cyclic N) is 1. The SMILES string of the molecule is C=CO.CC.CC1CNCC1O. The van der Waals surface area contributed by atoms with Crippen LogP contribution in [0.3, 0.4) is 0 Å². The Labute approximate surface area is 75.1 Å². The van der Waals surface area contributed by atoms with Crippen LogP contribution in [0.15, 0.2) is 12.8 Å². The third-order valence-electron chi connectivity index (χ3n) is 1.48. The van der Waals surface area contributed by atoms with Gasteiger partial charge >= 0.3 is 0 Å². The van der Waals surface area contributed by atoms with Gasteiger partial charge in [-0.15, -0.1) is 0 Å². The van der Waals surface area contributed by atoms with Crippen LogP contribution in [-0.2, 0) is 0 Å². The summed E-state index contributed by atoms with van der Waals surface area (Å²) < 4.78 is 0. The summed E-state index contributed by atoms with van der Waals surface area (Å²) in [7, 11) is 0. The van der Waals surface area contributed by atoms with E-state index in [1.165, 1.54) is 0 Å². The van der Waals surface area contributed by atoms with E-state index >= 15 is 0 Å². The van der Waals surface area contributed by atoms with E-state index in [0.717, 1.165) is 19.4 Å². The van der Waals surface area contributed by atoms with Crippen molar-refractivity contribution in [1.82, 2.24) is 5.32 Å². The molecule has 1 aliphatic heterocycles. The van der Waals surface area contributed by atoms with Crippen molar-refractivity contribution < 1.29 is 10.2 Å². The van der Waals surface area contributed by atoms with Gasteiger partial charge in [0.2, 0.25) is 0 Å². The van der Waals surface area contributed by atoms with Gasteiger partial charge < -0.3 is 15.5 Å². The Bertz CT molecular complexity index is 88.5. The Kier molecular flexibility index (Phi) is 12.2. The molecule has 0 amide bonds. The van der Waals surface area contributed by atoms with Gasteiger partial charge in [0.05, 0.1) is 12.4 Å². The number of hydrogen-bond acceptors (Lipinski definition) is 3. The van der Waals surface area contributed by atoms with Gasteiger partial charge in [-0.05, 0) is 5.92 Å². The monoisotopic (exact) mass is 175 g/mol. The third kappa shape index (κ3) is 7.57. The van der Waals surface area contributed by atoms with E-state index in [-0.39, 0.29) is 6.10 Å². The normalized spacial score (nSPS) is 26.0. The average Bonchev–Trinajstić information content (AvgIpc) is 2.42. The molecule has 1 rings (SSSR count). The number of rotatable bonds is 0. The molecule has 74 valence electrons. The molecule has 3 N–H and O–H groups in total. The summed E-state index contributed by atoms with van der Waals surface area (Å²) in [6.07, 6.45) is 0.653. The van der Waals surface area contributed by atoms with Gasteiger partial charge in [-0.3, -0.25) is 0 Å². The molecule has 0 radical (unpaired) electrons. The predicted molar refractivity (Wildman–Crippen MR) is 52.2 cm³/mol. The third-order valence-corrected chi connectivity index (χ3v) is 1.48. The fourth-order valence-corrected chi connectivity index (χ4v) is 0.796. The molecule has 3 heteroatoms. The van der Waals surface area contributed by atoms with Crippen LogP contribution in [0.2, 0.25) is 0 Å². The maximum atomic E-state index is 8.94. The summed E-state index contributed by atoms with van der Waals surface area (Å²) >= 11 is 0. The number of hydrogen-bond donors (Lipinski definition) is 3. The Morgan fingerprint density at radius 2 is 1.83 bits per heavy atom. The first-order valence-corrected chi connectivity index (χ1v) is 4.36. The van der Waals surface area contributed by atoms with Gasteiger partial charge in [-0.1, -0.05) is 27.4 Å². The Morgan fingerprint density at radius 1 is 1.42 bits per heavy atom. The number of aliphatic hydroxyl groups is 2. The lowest BCUT2D eigenvalue weighted by molar-refractivity contribution is 0.156. The van der Waals surface area contributed by atoms with Crippen LogP contribution in [0.4, 0.5) is 0 Å². The van der Waals surface area contributed by atoms with Crippen molar-refractivity contribution in [3.05, 3.63) is 12.8 Å². The first kappa shape index (κ1) is 14.0. The summed E-state index contributed by atoms with van der Waals surface area (Å²) in [5.74, 6) is 0.458. The lowest BCUT2D eigenvalue weighted by atomic mass is 10.1. The van der Waals surface area contributed by atoms with Crippen molar-refractivity contribution in [2.45, 2.75) is 26.9 Å². The van der Waals surface area contributed by atoms with E-state index in [2.05, 4.69) is 11.9 Å². The van der Waals surface area contributed by atoms with Gasteiger partial charge in [0.15, 0.2) is 0 Å². The minimum atomic E-state index is -0.0972. The molecule has 1 heterocycles. The Morgan fingerprint density at radius 3 is 1.92 bits per heavy atom. The molecule has 0 bridgehead atoms. The van der Waals surface area contributed by atoms with E-state index in [1.54, 1.807) is 0 Å². The predicted octanol–water partition coefficient (Wildman–Crippen LogP) is 1.30. The lowest BCUT2D eigenvalue weighted by Crippen LogP contribution is -2.14. The summed E-state index contributed by atoms with van der Waals surface area (Å²) in [5, 5.41) is 19.3. The van der Waals surface area contributed by atoms with Crippen LogP contribution in [0.5, 0.6) is 0 Å². The lowest BCUT2D eigenvalue weighted by Gasteiger charge is -2.02. The van der Waals surface area contributed by atoms with Crippen LogP contribution in [0.1, 0.15) is 20.8 Å². The highest BCUT2D eigenvalue weighted by atomic mass is 16.3. The molecule has 12 heavy (non-hydrogen) atoms. The second kappa shape index (κ2) is 10.5. The fourth-order valence-electron chi connectivity index (χ4n) is 0.796. The maximum absolute atomic E-state index is 8.94. The first-order valence-electron chi connectivity index (χ1n) is 4.36. The van der Waals surface area contributed by atoms with Crippen molar-refractivity contribution in [2.24, 2.45) is 5.92 Å². The van der Waals surface area contributed by atoms with Gasteiger partial charge in [0.1, 0.15) is 0 Å². The fraction of sp³-hybridized carbons (Fsp3) is 0.778. The van der Waals surface area contributed by atoms with E-state index in [9.17, 15) is 0 Å². The number of aliphatic hydroxyl groups excluding tert-OH is 2. The Hall–Kier alpha value is -0.540. The smallest absolute Gasteiger partial charge is 0.0719 e. The van der Waals surface area contributed by atoms with Gasteiger partial charge in [-0.2, -0.15) is 0 Å². The highest BCUT2D eigenvalue weighted by Crippen LogP contribution is 2.05. The molecule has 0 aromatic carbocycles. The molecule has 2 unspecified atom stereocenters. The van der Waals surface area contributed by atoms with Gasteiger partial charge in [0, 0.05) is 13.1 Å². The van der Waals surface area contributed by atoms with E-state index < -0.39 is 0 Å². The maximum Gasteiger partial charge on any atom is 0.0719 e. The van der Waals surface area contributed by atoms with Crippen molar-refractivity contribution in [3.63, 3.8) is 0 Å². The van der Waals surface area contributed by atoms with Crippen molar-refractivity contribution in [1.29, 1.82) is 0 Å². The molecular formula is C9H21NO2. The average molecular weight is 175 g/mol. The molecule has 0 spiro atoms. The largest absolute Gasteiger partial charge is 0.516 e. The van der Waals surface area contributed by atoms with E-state index in [0.29, 0.717) is 5.92 Å².